The predicted molar refractivity (Wildman–Crippen MR) is 78.0 cm³/mol. The number of hydrogen-bond donors (Lipinski definition) is 1. The molecule has 100 valence electrons. The molecule has 19 heavy (non-hydrogen) atoms. The highest BCUT2D eigenvalue weighted by Gasteiger charge is 2.27. The van der Waals surface area contributed by atoms with Gasteiger partial charge in [0.15, 0.2) is 0 Å². The van der Waals surface area contributed by atoms with Crippen molar-refractivity contribution in [1.29, 1.82) is 0 Å². The molecule has 0 aliphatic rings. The number of rotatable bonds is 4. The van der Waals surface area contributed by atoms with E-state index in [4.69, 9.17) is 17.3 Å². The Bertz CT molecular complexity index is 553. The van der Waals surface area contributed by atoms with Gasteiger partial charge in [-0.2, -0.15) is 0 Å². The highest BCUT2D eigenvalue weighted by molar-refractivity contribution is 6.31. The van der Waals surface area contributed by atoms with Crippen LogP contribution in [0.1, 0.15) is 18.1 Å². The third-order valence-electron chi connectivity index (χ3n) is 3.48. The molecular formula is C16H17ClFN. The van der Waals surface area contributed by atoms with Gasteiger partial charge in [-0.05, 0) is 35.7 Å². The first-order valence-corrected chi connectivity index (χ1v) is 6.62. The lowest BCUT2D eigenvalue weighted by Gasteiger charge is -2.29. The highest BCUT2D eigenvalue weighted by atomic mass is 35.5. The second-order valence-corrected chi connectivity index (χ2v) is 5.46. The van der Waals surface area contributed by atoms with Crippen molar-refractivity contribution in [1.82, 2.24) is 0 Å². The van der Waals surface area contributed by atoms with Crippen LogP contribution in [0.4, 0.5) is 4.39 Å². The maximum absolute atomic E-state index is 12.9. The SMILES string of the molecule is CC(CN)(Cc1ccc(F)cc1)c1ccccc1Cl. The van der Waals surface area contributed by atoms with Crippen molar-refractivity contribution in [2.45, 2.75) is 18.8 Å². The van der Waals surface area contributed by atoms with Gasteiger partial charge in [0.1, 0.15) is 5.82 Å². The number of halogens is 2. The number of benzene rings is 2. The normalized spacial score (nSPS) is 14.1. The lowest BCUT2D eigenvalue weighted by molar-refractivity contribution is 0.480. The van der Waals surface area contributed by atoms with Gasteiger partial charge < -0.3 is 5.73 Å². The van der Waals surface area contributed by atoms with Gasteiger partial charge in [0, 0.05) is 17.0 Å². The largest absolute Gasteiger partial charge is 0.330 e. The Labute approximate surface area is 118 Å². The zero-order valence-electron chi connectivity index (χ0n) is 10.9. The summed E-state index contributed by atoms with van der Waals surface area (Å²) in [6.45, 7) is 2.56. The van der Waals surface area contributed by atoms with Gasteiger partial charge in [-0.1, -0.05) is 48.9 Å². The molecular weight excluding hydrogens is 261 g/mol. The van der Waals surface area contributed by atoms with E-state index in [1.165, 1.54) is 12.1 Å². The summed E-state index contributed by atoms with van der Waals surface area (Å²) in [5.74, 6) is -0.226. The lowest BCUT2D eigenvalue weighted by atomic mass is 9.77. The Morgan fingerprint density at radius 3 is 2.32 bits per heavy atom. The van der Waals surface area contributed by atoms with Crippen molar-refractivity contribution in [2.75, 3.05) is 6.54 Å². The van der Waals surface area contributed by atoms with Gasteiger partial charge in [0.2, 0.25) is 0 Å². The van der Waals surface area contributed by atoms with Gasteiger partial charge in [-0.3, -0.25) is 0 Å². The standard InChI is InChI=1S/C16H17ClFN/c1-16(11-19,14-4-2-3-5-15(14)17)10-12-6-8-13(18)9-7-12/h2-9H,10-11,19H2,1H3. The molecule has 0 saturated heterocycles. The molecule has 1 atom stereocenters. The van der Waals surface area contributed by atoms with E-state index in [0.717, 1.165) is 22.6 Å². The van der Waals surface area contributed by atoms with E-state index >= 15 is 0 Å². The fourth-order valence-corrected chi connectivity index (χ4v) is 2.64. The summed E-state index contributed by atoms with van der Waals surface area (Å²) in [5.41, 5.74) is 7.78. The van der Waals surface area contributed by atoms with E-state index in [2.05, 4.69) is 6.92 Å². The van der Waals surface area contributed by atoms with Crippen LogP contribution in [0.25, 0.3) is 0 Å². The van der Waals surface area contributed by atoms with Crippen molar-refractivity contribution in [2.24, 2.45) is 5.73 Å². The van der Waals surface area contributed by atoms with Crippen molar-refractivity contribution in [3.63, 3.8) is 0 Å². The second-order valence-electron chi connectivity index (χ2n) is 5.05. The van der Waals surface area contributed by atoms with Crippen molar-refractivity contribution in [3.8, 4) is 0 Å². The van der Waals surface area contributed by atoms with E-state index in [9.17, 15) is 4.39 Å². The molecule has 3 heteroatoms. The predicted octanol–water partition coefficient (Wildman–Crippen LogP) is 3.94. The summed E-state index contributed by atoms with van der Waals surface area (Å²) < 4.78 is 12.9. The first kappa shape index (κ1) is 14.0. The molecule has 0 fully saturated rings. The quantitative estimate of drug-likeness (QED) is 0.900. The minimum atomic E-state index is -0.254. The molecule has 0 spiro atoms. The molecule has 0 radical (unpaired) electrons. The third-order valence-corrected chi connectivity index (χ3v) is 3.81. The summed E-state index contributed by atoms with van der Waals surface area (Å²) in [5, 5.41) is 0.720. The van der Waals surface area contributed by atoms with Crippen LogP contribution >= 0.6 is 11.6 Å². The van der Waals surface area contributed by atoms with Gasteiger partial charge in [0.05, 0.1) is 0 Å². The Morgan fingerprint density at radius 2 is 1.74 bits per heavy atom. The Hall–Kier alpha value is -1.38. The zero-order chi connectivity index (χ0) is 13.9. The first-order chi connectivity index (χ1) is 9.05. The Kier molecular flexibility index (Phi) is 4.23. The maximum Gasteiger partial charge on any atom is 0.123 e. The van der Waals surface area contributed by atoms with E-state index in [-0.39, 0.29) is 11.2 Å². The molecule has 0 amide bonds. The molecule has 2 aromatic carbocycles. The Balaban J connectivity index is 2.33. The second kappa shape index (κ2) is 5.72. The summed E-state index contributed by atoms with van der Waals surface area (Å²) >= 11 is 6.26. The average molecular weight is 278 g/mol. The minimum Gasteiger partial charge on any atom is -0.330 e. The van der Waals surface area contributed by atoms with Crippen molar-refractivity contribution >= 4 is 11.6 Å². The third kappa shape index (κ3) is 3.14. The molecule has 0 aliphatic carbocycles. The number of hydrogen-bond acceptors (Lipinski definition) is 1. The van der Waals surface area contributed by atoms with Gasteiger partial charge in [0.25, 0.3) is 0 Å². The monoisotopic (exact) mass is 277 g/mol. The van der Waals surface area contributed by atoms with Gasteiger partial charge >= 0.3 is 0 Å². The van der Waals surface area contributed by atoms with Crippen LogP contribution in [0.15, 0.2) is 48.5 Å². The van der Waals surface area contributed by atoms with Gasteiger partial charge in [-0.25, -0.2) is 4.39 Å². The molecule has 2 N–H and O–H groups in total. The molecule has 0 saturated carbocycles. The summed E-state index contributed by atoms with van der Waals surface area (Å²) in [4.78, 5) is 0. The fraction of sp³-hybridized carbons (Fsp3) is 0.250. The van der Waals surface area contributed by atoms with Crippen molar-refractivity contribution < 1.29 is 4.39 Å². The molecule has 0 bridgehead atoms. The van der Waals surface area contributed by atoms with E-state index < -0.39 is 0 Å². The van der Waals surface area contributed by atoms with Crippen LogP contribution in [0.5, 0.6) is 0 Å². The molecule has 2 rings (SSSR count). The minimum absolute atomic E-state index is 0.226. The topological polar surface area (TPSA) is 26.0 Å². The molecule has 2 aromatic rings. The lowest BCUT2D eigenvalue weighted by Crippen LogP contribution is -2.34. The summed E-state index contributed by atoms with van der Waals surface area (Å²) in [6.07, 6.45) is 0.730. The van der Waals surface area contributed by atoms with Crippen LogP contribution in [-0.2, 0) is 11.8 Å². The van der Waals surface area contributed by atoms with E-state index in [1.807, 2.05) is 24.3 Å². The fourth-order valence-electron chi connectivity index (χ4n) is 2.28. The summed E-state index contributed by atoms with van der Waals surface area (Å²) in [7, 11) is 0. The maximum atomic E-state index is 12.9. The van der Waals surface area contributed by atoms with Crippen LogP contribution in [-0.4, -0.2) is 6.54 Å². The molecule has 0 aromatic heterocycles. The molecule has 1 unspecified atom stereocenters. The highest BCUT2D eigenvalue weighted by Crippen LogP contribution is 2.32. The Morgan fingerprint density at radius 1 is 1.11 bits per heavy atom. The number of nitrogens with two attached hydrogens (primary N) is 1. The molecule has 0 aliphatic heterocycles. The van der Waals surface area contributed by atoms with Gasteiger partial charge in [-0.15, -0.1) is 0 Å². The summed E-state index contributed by atoms with van der Waals surface area (Å²) in [6, 6.07) is 14.3. The smallest absolute Gasteiger partial charge is 0.123 e. The molecule has 0 heterocycles. The van der Waals surface area contributed by atoms with E-state index in [0.29, 0.717) is 6.54 Å². The van der Waals surface area contributed by atoms with Crippen LogP contribution in [0, 0.1) is 5.82 Å². The molecule has 1 nitrogen and oxygen atoms in total. The van der Waals surface area contributed by atoms with Crippen LogP contribution in [0.3, 0.4) is 0 Å². The van der Waals surface area contributed by atoms with Crippen LogP contribution in [0.2, 0.25) is 5.02 Å². The van der Waals surface area contributed by atoms with Crippen molar-refractivity contribution in [3.05, 3.63) is 70.5 Å². The zero-order valence-corrected chi connectivity index (χ0v) is 11.6. The van der Waals surface area contributed by atoms with Crippen LogP contribution < -0.4 is 5.73 Å². The average Bonchev–Trinajstić information content (AvgIpc) is 2.42. The first-order valence-electron chi connectivity index (χ1n) is 6.25. The van der Waals surface area contributed by atoms with E-state index in [1.54, 1.807) is 12.1 Å².